The van der Waals surface area contributed by atoms with Crippen LogP contribution in [0, 0.1) is 11.6 Å². The maximum Gasteiger partial charge on any atom is 0.243 e. The molecule has 166 valence electrons. The molecule has 1 N–H and O–H groups in total. The summed E-state index contributed by atoms with van der Waals surface area (Å²) < 4.78 is 27.5. The van der Waals surface area contributed by atoms with Crippen molar-refractivity contribution in [2.75, 3.05) is 0 Å². The quantitative estimate of drug-likeness (QED) is 0.659. The van der Waals surface area contributed by atoms with Crippen molar-refractivity contribution < 1.29 is 18.4 Å². The van der Waals surface area contributed by atoms with Gasteiger partial charge in [-0.2, -0.15) is 0 Å². The Balaban J connectivity index is 1.81. The summed E-state index contributed by atoms with van der Waals surface area (Å²) in [6.07, 6.45) is 5.55. The van der Waals surface area contributed by atoms with Gasteiger partial charge in [-0.15, -0.1) is 0 Å². The summed E-state index contributed by atoms with van der Waals surface area (Å²) in [4.78, 5) is 27.8. The zero-order valence-electron chi connectivity index (χ0n) is 17.9. The second-order valence-corrected chi connectivity index (χ2v) is 8.18. The molecule has 0 bridgehead atoms. The first-order valence-corrected chi connectivity index (χ1v) is 11.1. The van der Waals surface area contributed by atoms with Crippen LogP contribution in [0.5, 0.6) is 0 Å². The Morgan fingerprint density at radius 2 is 1.71 bits per heavy atom. The van der Waals surface area contributed by atoms with E-state index in [-0.39, 0.29) is 36.6 Å². The van der Waals surface area contributed by atoms with E-state index in [0.717, 1.165) is 25.7 Å². The normalized spacial score (nSPS) is 15.3. The van der Waals surface area contributed by atoms with Gasteiger partial charge in [-0.25, -0.2) is 8.78 Å². The van der Waals surface area contributed by atoms with Crippen molar-refractivity contribution in [2.45, 2.75) is 70.5 Å². The van der Waals surface area contributed by atoms with Crippen LogP contribution in [0.15, 0.2) is 48.5 Å². The van der Waals surface area contributed by atoms with Crippen LogP contribution in [0.2, 0.25) is 0 Å². The number of rotatable bonds is 8. The summed E-state index contributed by atoms with van der Waals surface area (Å²) in [5.74, 6) is -1.33. The maximum absolute atomic E-state index is 14.1. The van der Waals surface area contributed by atoms with E-state index in [9.17, 15) is 18.4 Å². The Labute approximate surface area is 182 Å². The molecule has 1 aliphatic carbocycles. The highest BCUT2D eigenvalue weighted by Crippen LogP contribution is 2.20. The van der Waals surface area contributed by atoms with Gasteiger partial charge in [0.1, 0.15) is 17.7 Å². The number of nitrogens with zero attached hydrogens (tertiary/aromatic N) is 1. The van der Waals surface area contributed by atoms with Gasteiger partial charge in [0, 0.05) is 12.6 Å². The predicted octanol–water partition coefficient (Wildman–Crippen LogP) is 4.76. The Kier molecular flexibility index (Phi) is 8.15. The molecule has 3 rings (SSSR count). The van der Waals surface area contributed by atoms with Gasteiger partial charge in [0.15, 0.2) is 0 Å². The van der Waals surface area contributed by atoms with Crippen LogP contribution < -0.4 is 5.32 Å². The minimum absolute atomic E-state index is 0.129. The topological polar surface area (TPSA) is 49.4 Å². The molecule has 2 aromatic rings. The minimum atomic E-state index is -0.675. The molecule has 1 atom stereocenters. The molecule has 4 nitrogen and oxygen atoms in total. The fraction of sp³-hybridized carbons (Fsp3) is 0.440. The molecular weight excluding hydrogens is 398 g/mol. The molecule has 0 aliphatic heterocycles. The van der Waals surface area contributed by atoms with E-state index < -0.39 is 11.9 Å². The Bertz CT molecular complexity index is 879. The van der Waals surface area contributed by atoms with Gasteiger partial charge in [-0.05, 0) is 48.6 Å². The molecule has 2 aromatic carbocycles. The largest absolute Gasteiger partial charge is 0.352 e. The van der Waals surface area contributed by atoms with Gasteiger partial charge in [-0.3, -0.25) is 9.59 Å². The highest BCUT2D eigenvalue weighted by atomic mass is 19.1. The van der Waals surface area contributed by atoms with E-state index in [1.807, 2.05) is 6.92 Å². The fourth-order valence-electron chi connectivity index (χ4n) is 4.16. The zero-order chi connectivity index (χ0) is 22.2. The molecule has 1 fully saturated rings. The maximum atomic E-state index is 14.1. The molecule has 0 aromatic heterocycles. The second-order valence-electron chi connectivity index (χ2n) is 8.18. The van der Waals surface area contributed by atoms with Crippen molar-refractivity contribution in [3.8, 4) is 0 Å². The van der Waals surface area contributed by atoms with E-state index in [1.165, 1.54) is 29.5 Å². The summed E-state index contributed by atoms with van der Waals surface area (Å²) in [6.45, 7) is 2.02. The van der Waals surface area contributed by atoms with Crippen LogP contribution in [-0.4, -0.2) is 28.8 Å². The van der Waals surface area contributed by atoms with Crippen molar-refractivity contribution in [1.82, 2.24) is 10.2 Å². The van der Waals surface area contributed by atoms with Crippen LogP contribution in [0.25, 0.3) is 0 Å². The Hall–Kier alpha value is -2.76. The van der Waals surface area contributed by atoms with Crippen molar-refractivity contribution in [3.63, 3.8) is 0 Å². The number of carbonyl (C=O) groups is 2. The average Bonchev–Trinajstić information content (AvgIpc) is 2.77. The monoisotopic (exact) mass is 428 g/mol. The molecule has 0 unspecified atom stereocenters. The lowest BCUT2D eigenvalue weighted by Gasteiger charge is -2.33. The molecule has 0 heterocycles. The van der Waals surface area contributed by atoms with Crippen LogP contribution in [0.1, 0.15) is 56.6 Å². The van der Waals surface area contributed by atoms with Crippen LogP contribution in [-0.2, 0) is 22.6 Å². The lowest BCUT2D eigenvalue weighted by atomic mass is 9.95. The standard InChI is InChI=1S/C25H30F2N2O2/c1-2-23(25(31)28-21-9-4-3-5-10-21)29(17-18-12-14-20(26)15-13-18)24(30)16-19-8-6-7-11-22(19)27/h6-8,11-15,21,23H,2-5,9-10,16-17H2,1H3,(H,28,31)/t23-/m0/s1. The van der Waals surface area contributed by atoms with Gasteiger partial charge in [0.2, 0.25) is 11.8 Å². The van der Waals surface area contributed by atoms with Crippen molar-refractivity contribution in [2.24, 2.45) is 0 Å². The van der Waals surface area contributed by atoms with E-state index in [1.54, 1.807) is 30.3 Å². The second kappa shape index (κ2) is 11.0. The first-order chi connectivity index (χ1) is 15.0. The van der Waals surface area contributed by atoms with E-state index >= 15 is 0 Å². The molecule has 0 saturated heterocycles. The lowest BCUT2D eigenvalue weighted by molar-refractivity contribution is -0.141. The number of amides is 2. The number of hydrogen-bond acceptors (Lipinski definition) is 2. The van der Waals surface area contributed by atoms with Gasteiger partial charge in [0.05, 0.1) is 6.42 Å². The molecule has 6 heteroatoms. The molecule has 1 saturated carbocycles. The van der Waals surface area contributed by atoms with Crippen LogP contribution in [0.3, 0.4) is 0 Å². The highest BCUT2D eigenvalue weighted by molar-refractivity contribution is 5.88. The van der Waals surface area contributed by atoms with E-state index in [0.29, 0.717) is 17.5 Å². The van der Waals surface area contributed by atoms with Crippen LogP contribution >= 0.6 is 0 Å². The van der Waals surface area contributed by atoms with Gasteiger partial charge >= 0.3 is 0 Å². The van der Waals surface area contributed by atoms with Gasteiger partial charge < -0.3 is 10.2 Å². The summed E-state index contributed by atoms with van der Waals surface area (Å²) >= 11 is 0. The minimum Gasteiger partial charge on any atom is -0.352 e. The van der Waals surface area contributed by atoms with Crippen LogP contribution in [0.4, 0.5) is 8.78 Å². The first kappa shape index (κ1) is 22.9. The molecule has 31 heavy (non-hydrogen) atoms. The van der Waals surface area contributed by atoms with Crippen molar-refractivity contribution >= 4 is 11.8 Å². The molecular formula is C25H30F2N2O2. The molecule has 1 aliphatic rings. The third-order valence-electron chi connectivity index (χ3n) is 5.90. The smallest absolute Gasteiger partial charge is 0.243 e. The summed E-state index contributed by atoms with van der Waals surface area (Å²) in [7, 11) is 0. The molecule has 0 spiro atoms. The number of hydrogen-bond donors (Lipinski definition) is 1. The summed E-state index contributed by atoms with van der Waals surface area (Å²) in [5, 5.41) is 3.11. The average molecular weight is 429 g/mol. The highest BCUT2D eigenvalue weighted by Gasteiger charge is 2.30. The Morgan fingerprint density at radius 1 is 1.03 bits per heavy atom. The third kappa shape index (κ3) is 6.36. The molecule has 2 amide bonds. The number of benzene rings is 2. The fourth-order valence-corrected chi connectivity index (χ4v) is 4.16. The summed E-state index contributed by atoms with van der Waals surface area (Å²) in [6, 6.07) is 11.5. The summed E-state index contributed by atoms with van der Waals surface area (Å²) in [5.41, 5.74) is 1.01. The number of nitrogens with one attached hydrogen (secondary N) is 1. The zero-order valence-corrected chi connectivity index (χ0v) is 17.9. The number of halogens is 2. The van der Waals surface area contributed by atoms with Gasteiger partial charge in [-0.1, -0.05) is 56.5 Å². The first-order valence-electron chi connectivity index (χ1n) is 11.1. The third-order valence-corrected chi connectivity index (χ3v) is 5.90. The van der Waals surface area contributed by atoms with Crippen molar-refractivity contribution in [1.29, 1.82) is 0 Å². The Morgan fingerprint density at radius 3 is 2.35 bits per heavy atom. The number of carbonyl (C=O) groups excluding carboxylic acids is 2. The van der Waals surface area contributed by atoms with E-state index in [2.05, 4.69) is 5.32 Å². The van der Waals surface area contributed by atoms with E-state index in [4.69, 9.17) is 0 Å². The van der Waals surface area contributed by atoms with Gasteiger partial charge in [0.25, 0.3) is 0 Å². The molecule has 0 radical (unpaired) electrons. The SMILES string of the molecule is CC[C@@H](C(=O)NC1CCCCC1)N(Cc1ccc(F)cc1)C(=O)Cc1ccccc1F. The van der Waals surface area contributed by atoms with Crippen molar-refractivity contribution in [3.05, 3.63) is 71.3 Å². The lowest BCUT2D eigenvalue weighted by Crippen LogP contribution is -2.52. The predicted molar refractivity (Wildman–Crippen MR) is 116 cm³/mol.